The summed E-state index contributed by atoms with van der Waals surface area (Å²) in [7, 11) is 0. The molecule has 5 nitrogen and oxygen atoms in total. The molecule has 0 unspecified atom stereocenters. The van der Waals surface area contributed by atoms with Crippen LogP contribution in [0.2, 0.25) is 0 Å². The number of hydrogen-bond acceptors (Lipinski definition) is 4. The zero-order valence-electron chi connectivity index (χ0n) is 17.2. The molecule has 1 aromatic heterocycles. The molecule has 2 fully saturated rings. The lowest BCUT2D eigenvalue weighted by atomic mass is 9.89. The molecule has 2 aliphatic rings. The Labute approximate surface area is 173 Å². The third-order valence-electron chi connectivity index (χ3n) is 6.46. The SMILES string of the molecule is O=C(NCC1CCCCC1)c1ccc(N2CCC(Cc3ccccc3)CC2)nn1. The molecule has 2 aromatic rings. The van der Waals surface area contributed by atoms with E-state index in [0.29, 0.717) is 11.6 Å². The van der Waals surface area contributed by atoms with Crippen molar-refractivity contribution in [3.8, 4) is 0 Å². The standard InChI is InChI=1S/C24H32N4O/c29-24(25-18-21-9-5-2-6-10-21)22-11-12-23(27-26-22)28-15-13-20(14-16-28)17-19-7-3-1-4-8-19/h1,3-4,7-8,11-12,20-21H,2,5-6,9-10,13-18H2,(H,25,29). The van der Waals surface area contributed by atoms with E-state index in [1.807, 2.05) is 12.1 Å². The van der Waals surface area contributed by atoms with Crippen LogP contribution in [0.4, 0.5) is 5.82 Å². The van der Waals surface area contributed by atoms with Crippen LogP contribution in [-0.4, -0.2) is 35.7 Å². The molecule has 5 heteroatoms. The van der Waals surface area contributed by atoms with Gasteiger partial charge in [-0.25, -0.2) is 0 Å². The van der Waals surface area contributed by atoms with Crippen molar-refractivity contribution in [3.63, 3.8) is 0 Å². The summed E-state index contributed by atoms with van der Waals surface area (Å²) in [6, 6.07) is 14.5. The van der Waals surface area contributed by atoms with Crippen LogP contribution in [0, 0.1) is 11.8 Å². The van der Waals surface area contributed by atoms with E-state index in [4.69, 9.17) is 0 Å². The largest absolute Gasteiger partial charge is 0.355 e. The van der Waals surface area contributed by atoms with E-state index in [-0.39, 0.29) is 5.91 Å². The average Bonchev–Trinajstić information content (AvgIpc) is 2.79. The fraction of sp³-hybridized carbons (Fsp3) is 0.542. The number of rotatable bonds is 6. The van der Waals surface area contributed by atoms with E-state index >= 15 is 0 Å². The number of amides is 1. The zero-order valence-corrected chi connectivity index (χ0v) is 17.2. The summed E-state index contributed by atoms with van der Waals surface area (Å²) in [5.41, 5.74) is 1.85. The molecule has 1 aromatic carbocycles. The van der Waals surface area contributed by atoms with Crippen molar-refractivity contribution in [2.24, 2.45) is 11.8 Å². The van der Waals surface area contributed by atoms with Crippen LogP contribution in [0.5, 0.6) is 0 Å². The number of nitrogens with zero attached hydrogens (tertiary/aromatic N) is 3. The third-order valence-corrected chi connectivity index (χ3v) is 6.46. The normalized spacial score (nSPS) is 18.6. The molecule has 1 N–H and O–H groups in total. The van der Waals surface area contributed by atoms with E-state index in [1.54, 1.807) is 0 Å². The molecular weight excluding hydrogens is 360 g/mol. The van der Waals surface area contributed by atoms with Crippen LogP contribution in [-0.2, 0) is 6.42 Å². The van der Waals surface area contributed by atoms with E-state index in [1.165, 1.54) is 50.5 Å². The first-order chi connectivity index (χ1) is 14.3. The van der Waals surface area contributed by atoms with E-state index in [2.05, 4.69) is 50.7 Å². The molecule has 0 spiro atoms. The molecule has 154 valence electrons. The highest BCUT2D eigenvalue weighted by Gasteiger charge is 2.21. The van der Waals surface area contributed by atoms with Gasteiger partial charge in [-0.1, -0.05) is 49.6 Å². The number of anilines is 1. The van der Waals surface area contributed by atoms with Gasteiger partial charge in [0.15, 0.2) is 11.5 Å². The molecule has 0 radical (unpaired) electrons. The first-order valence-electron chi connectivity index (χ1n) is 11.2. The minimum atomic E-state index is -0.101. The van der Waals surface area contributed by atoms with E-state index < -0.39 is 0 Å². The Hall–Kier alpha value is -2.43. The number of aromatic nitrogens is 2. The van der Waals surface area contributed by atoms with Gasteiger partial charge in [-0.2, -0.15) is 0 Å². The second-order valence-corrected chi connectivity index (χ2v) is 8.61. The third kappa shape index (κ3) is 5.55. The molecule has 1 saturated carbocycles. The van der Waals surface area contributed by atoms with E-state index in [9.17, 15) is 4.79 Å². The first kappa shape index (κ1) is 19.9. The van der Waals surface area contributed by atoms with Crippen LogP contribution in [0.1, 0.15) is 61.0 Å². The lowest BCUT2D eigenvalue weighted by molar-refractivity contribution is 0.0937. The Balaban J connectivity index is 1.24. The number of carbonyl (C=O) groups is 1. The van der Waals surface area contributed by atoms with Crippen molar-refractivity contribution in [1.29, 1.82) is 0 Å². The molecular formula is C24H32N4O. The quantitative estimate of drug-likeness (QED) is 0.799. The van der Waals surface area contributed by atoms with Crippen LogP contribution in [0.25, 0.3) is 0 Å². The zero-order chi connectivity index (χ0) is 19.9. The molecule has 1 aliphatic carbocycles. The van der Waals surface area contributed by atoms with Gasteiger partial charge in [0.1, 0.15) is 0 Å². The molecule has 0 atom stereocenters. The predicted octanol–water partition coefficient (Wildman–Crippen LogP) is 4.25. The fourth-order valence-corrected chi connectivity index (χ4v) is 4.65. The Morgan fingerprint density at radius 1 is 0.897 bits per heavy atom. The highest BCUT2D eigenvalue weighted by molar-refractivity contribution is 5.92. The average molecular weight is 393 g/mol. The van der Waals surface area contributed by atoms with Crippen LogP contribution in [0.15, 0.2) is 42.5 Å². The number of carbonyl (C=O) groups excluding carboxylic acids is 1. The summed E-state index contributed by atoms with van der Waals surface area (Å²) in [4.78, 5) is 14.7. The van der Waals surface area contributed by atoms with Gasteiger partial charge in [0.25, 0.3) is 5.91 Å². The highest BCUT2D eigenvalue weighted by Crippen LogP contribution is 2.25. The van der Waals surface area contributed by atoms with Crippen molar-refractivity contribution in [1.82, 2.24) is 15.5 Å². The monoisotopic (exact) mass is 392 g/mol. The molecule has 0 bridgehead atoms. The number of nitrogens with one attached hydrogen (secondary N) is 1. The minimum absolute atomic E-state index is 0.101. The summed E-state index contributed by atoms with van der Waals surface area (Å²) >= 11 is 0. The highest BCUT2D eigenvalue weighted by atomic mass is 16.1. The Bertz CT molecular complexity index is 763. The molecule has 1 saturated heterocycles. The second kappa shape index (κ2) is 9.86. The van der Waals surface area contributed by atoms with Crippen LogP contribution >= 0.6 is 0 Å². The van der Waals surface area contributed by atoms with Crippen molar-refractivity contribution < 1.29 is 4.79 Å². The summed E-state index contributed by atoms with van der Waals surface area (Å²) in [5, 5.41) is 11.6. The van der Waals surface area contributed by atoms with E-state index in [0.717, 1.165) is 37.8 Å². The maximum atomic E-state index is 12.4. The molecule has 1 aliphatic heterocycles. The van der Waals surface area contributed by atoms with Gasteiger partial charge in [0, 0.05) is 19.6 Å². The maximum Gasteiger partial charge on any atom is 0.271 e. The first-order valence-corrected chi connectivity index (χ1v) is 11.2. The molecule has 2 heterocycles. The van der Waals surface area contributed by atoms with Crippen molar-refractivity contribution in [3.05, 3.63) is 53.7 Å². The van der Waals surface area contributed by atoms with Crippen molar-refractivity contribution in [2.75, 3.05) is 24.5 Å². The van der Waals surface area contributed by atoms with Gasteiger partial charge < -0.3 is 10.2 Å². The maximum absolute atomic E-state index is 12.4. The Morgan fingerprint density at radius 2 is 1.66 bits per heavy atom. The van der Waals surface area contributed by atoms with Gasteiger partial charge >= 0.3 is 0 Å². The fourth-order valence-electron chi connectivity index (χ4n) is 4.65. The van der Waals surface area contributed by atoms with Crippen LogP contribution < -0.4 is 10.2 Å². The minimum Gasteiger partial charge on any atom is -0.355 e. The number of piperidine rings is 1. The lowest BCUT2D eigenvalue weighted by Crippen LogP contribution is -2.35. The summed E-state index contributed by atoms with van der Waals surface area (Å²) in [5.74, 6) is 2.13. The van der Waals surface area contributed by atoms with Gasteiger partial charge in [-0.3, -0.25) is 4.79 Å². The summed E-state index contributed by atoms with van der Waals surface area (Å²) in [6.07, 6.45) is 9.85. The molecule has 29 heavy (non-hydrogen) atoms. The summed E-state index contributed by atoms with van der Waals surface area (Å²) in [6.45, 7) is 2.76. The van der Waals surface area contributed by atoms with Crippen molar-refractivity contribution in [2.45, 2.75) is 51.4 Å². The van der Waals surface area contributed by atoms with Crippen LogP contribution in [0.3, 0.4) is 0 Å². The second-order valence-electron chi connectivity index (χ2n) is 8.61. The predicted molar refractivity (Wildman–Crippen MR) is 116 cm³/mol. The number of hydrogen-bond donors (Lipinski definition) is 1. The Kier molecular flexibility index (Phi) is 6.75. The van der Waals surface area contributed by atoms with Crippen molar-refractivity contribution >= 4 is 11.7 Å². The topological polar surface area (TPSA) is 58.1 Å². The number of benzene rings is 1. The Morgan fingerprint density at radius 3 is 2.34 bits per heavy atom. The smallest absolute Gasteiger partial charge is 0.271 e. The van der Waals surface area contributed by atoms with Gasteiger partial charge in [0.05, 0.1) is 0 Å². The molecule has 1 amide bonds. The van der Waals surface area contributed by atoms with Gasteiger partial charge in [-0.05, 0) is 61.6 Å². The van der Waals surface area contributed by atoms with Gasteiger partial charge in [0.2, 0.25) is 0 Å². The summed E-state index contributed by atoms with van der Waals surface area (Å²) < 4.78 is 0. The molecule has 4 rings (SSSR count). The van der Waals surface area contributed by atoms with Gasteiger partial charge in [-0.15, -0.1) is 10.2 Å². The lowest BCUT2D eigenvalue weighted by Gasteiger charge is -2.32.